The number of hydrazine groups is 1. The molecule has 0 radical (unpaired) electrons. The Morgan fingerprint density at radius 3 is 1.95 bits per heavy atom. The molecule has 0 bridgehead atoms. The van der Waals surface area contributed by atoms with Crippen molar-refractivity contribution in [3.63, 3.8) is 0 Å². The van der Waals surface area contributed by atoms with E-state index >= 15 is 0 Å². The van der Waals surface area contributed by atoms with Gasteiger partial charge in [-0.15, -0.1) is 0 Å². The van der Waals surface area contributed by atoms with Crippen LogP contribution in [0, 0.1) is 6.92 Å². The molecule has 21 heavy (non-hydrogen) atoms. The first-order chi connectivity index (χ1) is 9.52. The Kier molecular flexibility index (Phi) is 4.99. The molecule has 5 heteroatoms. The van der Waals surface area contributed by atoms with Gasteiger partial charge in [-0.05, 0) is 47.1 Å². The summed E-state index contributed by atoms with van der Waals surface area (Å²) >= 11 is 0. The fourth-order valence-corrected chi connectivity index (χ4v) is 1.67. The number of carbonyl (C=O) groups excluding carboxylic acids is 2. The SMILES string of the molecule is Cc1ccc(C(C)(C)C(=O)NNC(=O)OC(C)(C)C)cc1. The number of hydrogen-bond donors (Lipinski definition) is 2. The van der Waals surface area contributed by atoms with Gasteiger partial charge >= 0.3 is 6.09 Å². The summed E-state index contributed by atoms with van der Waals surface area (Å²) in [6.45, 7) is 10.8. The van der Waals surface area contributed by atoms with E-state index < -0.39 is 17.1 Å². The molecule has 0 spiro atoms. The van der Waals surface area contributed by atoms with Gasteiger partial charge in [-0.1, -0.05) is 29.8 Å². The molecular weight excluding hydrogens is 268 g/mol. The van der Waals surface area contributed by atoms with E-state index in [0.29, 0.717) is 0 Å². The zero-order valence-electron chi connectivity index (χ0n) is 13.5. The highest BCUT2D eigenvalue weighted by molar-refractivity contribution is 5.88. The number of amides is 2. The monoisotopic (exact) mass is 292 g/mol. The first kappa shape index (κ1) is 17.0. The van der Waals surface area contributed by atoms with Gasteiger partial charge in [0.2, 0.25) is 5.91 Å². The predicted octanol–water partition coefficient (Wildman–Crippen LogP) is 2.83. The highest BCUT2D eigenvalue weighted by Gasteiger charge is 2.30. The molecule has 0 aliphatic carbocycles. The Morgan fingerprint density at radius 2 is 1.48 bits per heavy atom. The number of carbonyl (C=O) groups is 2. The van der Waals surface area contributed by atoms with E-state index in [1.165, 1.54) is 0 Å². The van der Waals surface area contributed by atoms with Gasteiger partial charge in [0.05, 0.1) is 5.41 Å². The van der Waals surface area contributed by atoms with Crippen LogP contribution in [0.3, 0.4) is 0 Å². The molecule has 0 saturated carbocycles. The molecule has 0 saturated heterocycles. The van der Waals surface area contributed by atoms with E-state index in [1.807, 2.05) is 31.2 Å². The quantitative estimate of drug-likeness (QED) is 0.824. The van der Waals surface area contributed by atoms with Crippen LogP contribution in [0.25, 0.3) is 0 Å². The molecule has 5 nitrogen and oxygen atoms in total. The lowest BCUT2D eigenvalue weighted by Gasteiger charge is -2.25. The van der Waals surface area contributed by atoms with Crippen molar-refractivity contribution in [2.24, 2.45) is 0 Å². The van der Waals surface area contributed by atoms with Crippen molar-refractivity contribution < 1.29 is 14.3 Å². The molecule has 0 heterocycles. The van der Waals surface area contributed by atoms with Crippen LogP contribution < -0.4 is 10.9 Å². The van der Waals surface area contributed by atoms with Gasteiger partial charge in [0, 0.05) is 0 Å². The molecule has 1 aromatic rings. The third kappa shape index (κ3) is 5.10. The first-order valence-electron chi connectivity index (χ1n) is 6.89. The van der Waals surface area contributed by atoms with Crippen LogP contribution in [0.4, 0.5) is 4.79 Å². The maximum atomic E-state index is 12.2. The summed E-state index contributed by atoms with van der Waals surface area (Å²) in [5.74, 6) is -0.308. The fraction of sp³-hybridized carbons (Fsp3) is 0.500. The minimum atomic E-state index is -0.761. The van der Waals surface area contributed by atoms with Crippen molar-refractivity contribution in [3.05, 3.63) is 35.4 Å². The third-order valence-electron chi connectivity index (χ3n) is 3.02. The summed E-state index contributed by atoms with van der Waals surface area (Å²) in [7, 11) is 0. The highest BCUT2D eigenvalue weighted by atomic mass is 16.6. The minimum absolute atomic E-state index is 0.308. The van der Waals surface area contributed by atoms with Gasteiger partial charge in [0.25, 0.3) is 0 Å². The molecule has 0 aliphatic rings. The van der Waals surface area contributed by atoms with Crippen LogP contribution >= 0.6 is 0 Å². The number of benzene rings is 1. The smallest absolute Gasteiger partial charge is 0.426 e. The van der Waals surface area contributed by atoms with Gasteiger partial charge in [0.1, 0.15) is 5.60 Å². The Labute approximate surface area is 126 Å². The molecule has 0 unspecified atom stereocenters. The van der Waals surface area contributed by atoms with Crippen LogP contribution in [-0.2, 0) is 14.9 Å². The molecule has 0 aromatic heterocycles. The maximum absolute atomic E-state index is 12.2. The van der Waals surface area contributed by atoms with Crippen LogP contribution in [-0.4, -0.2) is 17.6 Å². The second-order valence-electron chi connectivity index (χ2n) is 6.57. The molecule has 0 atom stereocenters. The normalized spacial score (nSPS) is 11.7. The van der Waals surface area contributed by atoms with Gasteiger partial charge < -0.3 is 4.74 Å². The Balaban J connectivity index is 2.66. The Bertz CT molecular complexity index is 513. The lowest BCUT2D eigenvalue weighted by molar-refractivity contribution is -0.126. The van der Waals surface area contributed by atoms with Crippen LogP contribution in [0.5, 0.6) is 0 Å². The van der Waals surface area contributed by atoms with Gasteiger partial charge in [-0.2, -0.15) is 0 Å². The van der Waals surface area contributed by atoms with Crippen molar-refractivity contribution in [1.82, 2.24) is 10.9 Å². The number of rotatable bonds is 2. The van der Waals surface area contributed by atoms with Crippen molar-refractivity contribution in [2.45, 2.75) is 52.6 Å². The average molecular weight is 292 g/mol. The van der Waals surface area contributed by atoms with Crippen LogP contribution in [0.15, 0.2) is 24.3 Å². The lowest BCUT2D eigenvalue weighted by Crippen LogP contribution is -2.50. The van der Waals surface area contributed by atoms with Gasteiger partial charge in [-0.3, -0.25) is 10.2 Å². The fourth-order valence-electron chi connectivity index (χ4n) is 1.67. The number of nitrogens with one attached hydrogen (secondary N) is 2. The number of ether oxygens (including phenoxy) is 1. The standard InChI is InChI=1S/C16H24N2O3/c1-11-7-9-12(10-8-11)16(5,6)13(19)17-18-14(20)21-15(2,3)4/h7-10H,1-6H3,(H,17,19)(H,18,20). The van der Waals surface area contributed by atoms with E-state index in [4.69, 9.17) is 4.74 Å². The summed E-state index contributed by atoms with van der Waals surface area (Å²) < 4.78 is 5.06. The van der Waals surface area contributed by atoms with Crippen molar-refractivity contribution in [2.75, 3.05) is 0 Å². The van der Waals surface area contributed by atoms with Crippen molar-refractivity contribution in [1.29, 1.82) is 0 Å². The minimum Gasteiger partial charge on any atom is -0.443 e. The van der Waals surface area contributed by atoms with Crippen molar-refractivity contribution in [3.8, 4) is 0 Å². The lowest BCUT2D eigenvalue weighted by atomic mass is 9.83. The summed E-state index contributed by atoms with van der Waals surface area (Å²) in [6.07, 6.45) is -0.685. The first-order valence-corrected chi connectivity index (χ1v) is 6.89. The van der Waals surface area contributed by atoms with E-state index in [1.54, 1.807) is 34.6 Å². The molecule has 2 amide bonds. The summed E-state index contributed by atoms with van der Waals surface area (Å²) in [6, 6.07) is 7.71. The molecule has 0 aliphatic heterocycles. The summed E-state index contributed by atoms with van der Waals surface area (Å²) in [4.78, 5) is 23.8. The van der Waals surface area contributed by atoms with Crippen molar-refractivity contribution >= 4 is 12.0 Å². The van der Waals surface area contributed by atoms with E-state index in [-0.39, 0.29) is 5.91 Å². The number of hydrogen-bond acceptors (Lipinski definition) is 3. The summed E-state index contributed by atoms with van der Waals surface area (Å²) in [5, 5.41) is 0. The van der Waals surface area contributed by atoms with Gasteiger partial charge in [-0.25, -0.2) is 10.2 Å². The predicted molar refractivity (Wildman–Crippen MR) is 81.7 cm³/mol. The molecule has 2 N–H and O–H groups in total. The van der Waals surface area contributed by atoms with Gasteiger partial charge in [0.15, 0.2) is 0 Å². The average Bonchev–Trinajstić information content (AvgIpc) is 2.34. The highest BCUT2D eigenvalue weighted by Crippen LogP contribution is 2.23. The maximum Gasteiger partial charge on any atom is 0.426 e. The second-order valence-corrected chi connectivity index (χ2v) is 6.57. The second kappa shape index (κ2) is 6.16. The molecule has 0 fully saturated rings. The van der Waals surface area contributed by atoms with E-state index in [0.717, 1.165) is 11.1 Å². The topological polar surface area (TPSA) is 67.4 Å². The number of aryl methyl sites for hydroxylation is 1. The zero-order chi connectivity index (χ0) is 16.3. The molecule has 1 rings (SSSR count). The molecular formula is C16H24N2O3. The largest absolute Gasteiger partial charge is 0.443 e. The Morgan fingerprint density at radius 1 is 0.952 bits per heavy atom. The van der Waals surface area contributed by atoms with Crippen LogP contribution in [0.2, 0.25) is 0 Å². The molecule has 116 valence electrons. The summed E-state index contributed by atoms with van der Waals surface area (Å²) in [5.41, 5.74) is 5.29. The third-order valence-corrected chi connectivity index (χ3v) is 3.02. The molecule has 1 aromatic carbocycles. The zero-order valence-corrected chi connectivity index (χ0v) is 13.5. The van der Waals surface area contributed by atoms with E-state index in [2.05, 4.69) is 10.9 Å². The van der Waals surface area contributed by atoms with Crippen LogP contribution in [0.1, 0.15) is 45.7 Å². The Hall–Kier alpha value is -2.04. The van der Waals surface area contributed by atoms with E-state index in [9.17, 15) is 9.59 Å².